The Morgan fingerprint density at radius 2 is 2.05 bits per heavy atom. The fourth-order valence-corrected chi connectivity index (χ4v) is 1.97. The highest BCUT2D eigenvalue weighted by Gasteiger charge is 2.17. The van der Waals surface area contributed by atoms with Gasteiger partial charge in [0.05, 0.1) is 6.61 Å². The van der Waals surface area contributed by atoms with Crippen LogP contribution in [-0.2, 0) is 4.74 Å². The molecule has 1 amide bonds. The third-order valence-electron chi connectivity index (χ3n) is 3.12. The standard InChI is InChI=1S/C16H20N2O3/c1-3-4-8-11-20-16(19)17-14-12(2)21-18-15(14)13-9-6-5-7-10-13/h5-7,9-10H,3-4,8,11H2,1-2H3,(H,17,19). The van der Waals surface area contributed by atoms with Crippen molar-refractivity contribution in [2.45, 2.75) is 33.1 Å². The van der Waals surface area contributed by atoms with Crippen LogP contribution in [0.3, 0.4) is 0 Å². The number of carbonyl (C=O) groups is 1. The smallest absolute Gasteiger partial charge is 0.411 e. The molecule has 1 aromatic heterocycles. The highest BCUT2D eigenvalue weighted by atomic mass is 16.5. The van der Waals surface area contributed by atoms with Gasteiger partial charge in [-0.15, -0.1) is 0 Å². The molecule has 0 unspecified atom stereocenters. The molecular weight excluding hydrogens is 268 g/mol. The maximum absolute atomic E-state index is 11.8. The molecule has 1 heterocycles. The molecule has 1 aromatic carbocycles. The number of aromatic nitrogens is 1. The van der Waals surface area contributed by atoms with Gasteiger partial charge in [-0.3, -0.25) is 5.32 Å². The lowest BCUT2D eigenvalue weighted by Gasteiger charge is -2.07. The Hall–Kier alpha value is -2.30. The summed E-state index contributed by atoms with van der Waals surface area (Å²) in [4.78, 5) is 11.8. The van der Waals surface area contributed by atoms with E-state index in [1.54, 1.807) is 6.92 Å². The zero-order valence-corrected chi connectivity index (χ0v) is 12.4. The van der Waals surface area contributed by atoms with Crippen molar-refractivity contribution >= 4 is 11.8 Å². The predicted molar refractivity (Wildman–Crippen MR) is 81.2 cm³/mol. The van der Waals surface area contributed by atoms with Gasteiger partial charge in [-0.1, -0.05) is 55.3 Å². The Labute approximate surface area is 124 Å². The molecule has 0 bridgehead atoms. The molecule has 5 heteroatoms. The van der Waals surface area contributed by atoms with Crippen LogP contribution in [0.5, 0.6) is 0 Å². The van der Waals surface area contributed by atoms with E-state index < -0.39 is 6.09 Å². The molecular formula is C16H20N2O3. The summed E-state index contributed by atoms with van der Waals surface area (Å²) in [5, 5.41) is 6.72. The molecule has 0 aliphatic carbocycles. The number of rotatable bonds is 6. The summed E-state index contributed by atoms with van der Waals surface area (Å²) in [6, 6.07) is 9.56. The third kappa shape index (κ3) is 4.08. The van der Waals surface area contributed by atoms with Gasteiger partial charge in [0.2, 0.25) is 0 Å². The summed E-state index contributed by atoms with van der Waals surface area (Å²) in [6.07, 6.45) is 2.54. The van der Waals surface area contributed by atoms with Crippen LogP contribution in [-0.4, -0.2) is 17.9 Å². The lowest BCUT2D eigenvalue weighted by atomic mass is 10.1. The number of unbranched alkanes of at least 4 members (excludes halogenated alkanes) is 2. The average molecular weight is 288 g/mol. The first-order valence-corrected chi connectivity index (χ1v) is 7.18. The van der Waals surface area contributed by atoms with E-state index in [9.17, 15) is 4.79 Å². The van der Waals surface area contributed by atoms with Gasteiger partial charge in [0.25, 0.3) is 0 Å². The van der Waals surface area contributed by atoms with E-state index in [-0.39, 0.29) is 0 Å². The second kappa shape index (κ2) is 7.47. The number of hydrogen-bond acceptors (Lipinski definition) is 4. The van der Waals surface area contributed by atoms with Crippen LogP contribution in [0.25, 0.3) is 11.3 Å². The average Bonchev–Trinajstić information content (AvgIpc) is 2.86. The molecule has 0 spiro atoms. The summed E-state index contributed by atoms with van der Waals surface area (Å²) < 4.78 is 10.3. The maximum Gasteiger partial charge on any atom is 0.411 e. The summed E-state index contributed by atoms with van der Waals surface area (Å²) in [5.74, 6) is 0.555. The van der Waals surface area contributed by atoms with E-state index in [1.807, 2.05) is 30.3 Å². The Bertz CT molecular complexity index is 578. The van der Waals surface area contributed by atoms with Crippen molar-refractivity contribution in [2.75, 3.05) is 11.9 Å². The van der Waals surface area contributed by atoms with Gasteiger partial charge in [-0.25, -0.2) is 4.79 Å². The quantitative estimate of drug-likeness (QED) is 0.801. The first kappa shape index (κ1) is 15.1. The van der Waals surface area contributed by atoms with Crippen molar-refractivity contribution < 1.29 is 14.1 Å². The Morgan fingerprint density at radius 3 is 2.76 bits per heavy atom. The summed E-state index contributed by atoms with van der Waals surface area (Å²) in [7, 11) is 0. The first-order valence-electron chi connectivity index (χ1n) is 7.18. The molecule has 21 heavy (non-hydrogen) atoms. The SMILES string of the molecule is CCCCCOC(=O)Nc1c(-c2ccccc2)noc1C. The van der Waals surface area contributed by atoms with Crippen LogP contribution < -0.4 is 5.32 Å². The number of amides is 1. The Morgan fingerprint density at radius 1 is 1.29 bits per heavy atom. The lowest BCUT2D eigenvalue weighted by molar-refractivity contribution is 0.159. The minimum atomic E-state index is -0.477. The van der Waals surface area contributed by atoms with Crippen LogP contribution in [0.15, 0.2) is 34.9 Å². The van der Waals surface area contributed by atoms with Crippen molar-refractivity contribution in [1.29, 1.82) is 0 Å². The van der Waals surface area contributed by atoms with Crippen LogP contribution in [0.2, 0.25) is 0 Å². The van der Waals surface area contributed by atoms with E-state index in [0.717, 1.165) is 24.8 Å². The monoisotopic (exact) mass is 288 g/mol. The summed E-state index contributed by atoms with van der Waals surface area (Å²) in [5.41, 5.74) is 2.05. The van der Waals surface area contributed by atoms with Gasteiger partial charge in [0, 0.05) is 5.56 Å². The molecule has 0 radical (unpaired) electrons. The first-order chi connectivity index (χ1) is 10.2. The minimum Gasteiger partial charge on any atom is -0.449 e. The predicted octanol–water partition coefficient (Wildman–Crippen LogP) is 4.39. The number of carbonyl (C=O) groups excluding carboxylic acids is 1. The number of ether oxygens (including phenoxy) is 1. The van der Waals surface area contributed by atoms with Gasteiger partial charge >= 0.3 is 6.09 Å². The van der Waals surface area contributed by atoms with Crippen molar-refractivity contribution in [3.8, 4) is 11.3 Å². The maximum atomic E-state index is 11.8. The largest absolute Gasteiger partial charge is 0.449 e. The van der Waals surface area contributed by atoms with Crippen molar-refractivity contribution in [2.24, 2.45) is 0 Å². The second-order valence-electron chi connectivity index (χ2n) is 4.80. The number of hydrogen-bond donors (Lipinski definition) is 1. The van der Waals surface area contributed by atoms with E-state index in [1.165, 1.54) is 0 Å². The third-order valence-corrected chi connectivity index (χ3v) is 3.12. The van der Waals surface area contributed by atoms with E-state index in [0.29, 0.717) is 23.7 Å². The van der Waals surface area contributed by atoms with Gasteiger partial charge in [-0.05, 0) is 13.3 Å². The minimum absolute atomic E-state index is 0.421. The normalized spacial score (nSPS) is 10.4. The lowest BCUT2D eigenvalue weighted by Crippen LogP contribution is -2.15. The summed E-state index contributed by atoms with van der Waals surface area (Å²) >= 11 is 0. The van der Waals surface area contributed by atoms with Crippen LogP contribution in [0, 0.1) is 6.92 Å². The molecule has 2 aromatic rings. The topological polar surface area (TPSA) is 64.4 Å². The second-order valence-corrected chi connectivity index (χ2v) is 4.80. The van der Waals surface area contributed by atoms with Gasteiger partial charge < -0.3 is 9.26 Å². The molecule has 0 fully saturated rings. The number of nitrogens with one attached hydrogen (secondary N) is 1. The van der Waals surface area contributed by atoms with E-state index >= 15 is 0 Å². The summed E-state index contributed by atoms with van der Waals surface area (Å²) in [6.45, 7) is 4.28. The van der Waals surface area contributed by atoms with Gasteiger partial charge in [0.15, 0.2) is 5.76 Å². The zero-order valence-electron chi connectivity index (χ0n) is 12.4. The molecule has 5 nitrogen and oxygen atoms in total. The highest BCUT2D eigenvalue weighted by molar-refractivity contribution is 5.90. The van der Waals surface area contributed by atoms with Crippen molar-refractivity contribution in [3.05, 3.63) is 36.1 Å². The molecule has 0 atom stereocenters. The Kier molecular flexibility index (Phi) is 5.37. The zero-order chi connectivity index (χ0) is 15.1. The molecule has 0 aliphatic rings. The van der Waals surface area contributed by atoms with E-state index in [2.05, 4.69) is 17.4 Å². The van der Waals surface area contributed by atoms with Crippen LogP contribution >= 0.6 is 0 Å². The molecule has 0 saturated heterocycles. The van der Waals surface area contributed by atoms with Crippen molar-refractivity contribution in [1.82, 2.24) is 5.16 Å². The molecule has 0 aliphatic heterocycles. The molecule has 0 saturated carbocycles. The molecule has 2 rings (SSSR count). The fraction of sp³-hybridized carbons (Fsp3) is 0.375. The number of benzene rings is 1. The van der Waals surface area contributed by atoms with Gasteiger partial charge in [-0.2, -0.15) is 0 Å². The van der Waals surface area contributed by atoms with Crippen molar-refractivity contribution in [3.63, 3.8) is 0 Å². The van der Waals surface area contributed by atoms with Crippen LogP contribution in [0.4, 0.5) is 10.5 Å². The van der Waals surface area contributed by atoms with E-state index in [4.69, 9.17) is 9.26 Å². The number of aryl methyl sites for hydroxylation is 1. The molecule has 1 N–H and O–H groups in total. The van der Waals surface area contributed by atoms with Crippen LogP contribution in [0.1, 0.15) is 31.9 Å². The fourth-order valence-electron chi connectivity index (χ4n) is 1.97. The highest BCUT2D eigenvalue weighted by Crippen LogP contribution is 2.29. The van der Waals surface area contributed by atoms with Gasteiger partial charge in [0.1, 0.15) is 11.4 Å². The molecule has 112 valence electrons. The number of anilines is 1. The Balaban J connectivity index is 2.03. The number of nitrogens with zero attached hydrogens (tertiary/aromatic N) is 1.